The fraction of sp³-hybridized carbons (Fsp3) is 0.250. The summed E-state index contributed by atoms with van der Waals surface area (Å²) in [6, 6.07) is 28.6. The molecule has 0 spiro atoms. The summed E-state index contributed by atoms with van der Waals surface area (Å²) in [6.45, 7) is 1.65. The van der Waals surface area contributed by atoms with Crippen molar-refractivity contribution in [2.75, 3.05) is 6.54 Å². The Morgan fingerprint density at radius 1 is 0.846 bits per heavy atom. The van der Waals surface area contributed by atoms with Gasteiger partial charge in [-0.15, -0.1) is 0 Å². The maximum Gasteiger partial charge on any atom is 0.0787 e. The second kappa shape index (κ2) is 6.71. The number of nitrogens with one attached hydrogen (secondary N) is 1. The van der Waals surface area contributed by atoms with Gasteiger partial charge in [-0.1, -0.05) is 78.9 Å². The molecule has 1 fully saturated rings. The van der Waals surface area contributed by atoms with Crippen molar-refractivity contribution in [1.29, 1.82) is 0 Å². The van der Waals surface area contributed by atoms with Crippen molar-refractivity contribution in [1.82, 2.24) is 5.32 Å². The van der Waals surface area contributed by atoms with Gasteiger partial charge in [0.25, 0.3) is 0 Å². The molecule has 130 valence electrons. The van der Waals surface area contributed by atoms with Crippen LogP contribution in [0.1, 0.15) is 22.6 Å². The first-order valence-corrected chi connectivity index (χ1v) is 9.46. The summed E-state index contributed by atoms with van der Waals surface area (Å²) in [5.74, 6) is 0.419. The van der Waals surface area contributed by atoms with Crippen LogP contribution in [0.5, 0.6) is 0 Å². The summed E-state index contributed by atoms with van der Waals surface area (Å²) in [5, 5.41) is 3.72. The lowest BCUT2D eigenvalue weighted by Gasteiger charge is -2.32. The van der Waals surface area contributed by atoms with Gasteiger partial charge in [0.1, 0.15) is 0 Å². The fourth-order valence-electron chi connectivity index (χ4n) is 4.58. The minimum atomic E-state index is 0.280. The first-order chi connectivity index (χ1) is 12.9. The lowest BCUT2D eigenvalue weighted by Crippen LogP contribution is -2.32. The Hall–Kier alpha value is -2.42. The van der Waals surface area contributed by atoms with Crippen LogP contribution < -0.4 is 5.32 Å². The van der Waals surface area contributed by atoms with Gasteiger partial charge in [-0.2, -0.15) is 0 Å². The maximum absolute atomic E-state index is 6.30. The van der Waals surface area contributed by atoms with E-state index in [9.17, 15) is 0 Å². The molecule has 5 rings (SSSR count). The lowest BCUT2D eigenvalue weighted by atomic mass is 9.80. The summed E-state index contributed by atoms with van der Waals surface area (Å²) >= 11 is 0. The van der Waals surface area contributed by atoms with E-state index in [1.807, 2.05) is 0 Å². The Labute approximate surface area is 154 Å². The molecule has 2 heterocycles. The minimum Gasteiger partial charge on any atom is -0.371 e. The average molecular weight is 341 g/mol. The third kappa shape index (κ3) is 2.76. The normalized spacial score (nSPS) is 24.1. The molecule has 2 aliphatic heterocycles. The van der Waals surface area contributed by atoms with Crippen molar-refractivity contribution >= 4 is 0 Å². The van der Waals surface area contributed by atoms with Crippen LogP contribution in [-0.4, -0.2) is 18.7 Å². The van der Waals surface area contributed by atoms with E-state index in [1.165, 1.54) is 27.8 Å². The van der Waals surface area contributed by atoms with Crippen molar-refractivity contribution in [2.45, 2.75) is 31.1 Å². The molecule has 0 radical (unpaired) electrons. The van der Waals surface area contributed by atoms with Gasteiger partial charge in [0, 0.05) is 18.5 Å². The first-order valence-electron chi connectivity index (χ1n) is 9.46. The van der Waals surface area contributed by atoms with E-state index >= 15 is 0 Å². The van der Waals surface area contributed by atoms with E-state index in [-0.39, 0.29) is 6.10 Å². The van der Waals surface area contributed by atoms with Gasteiger partial charge in [-0.25, -0.2) is 0 Å². The summed E-state index contributed by atoms with van der Waals surface area (Å²) in [4.78, 5) is 0. The van der Waals surface area contributed by atoms with E-state index in [0.29, 0.717) is 18.6 Å². The van der Waals surface area contributed by atoms with E-state index < -0.39 is 0 Å². The highest BCUT2D eigenvalue weighted by Gasteiger charge is 2.41. The molecule has 2 aliphatic rings. The average Bonchev–Trinajstić information content (AvgIpc) is 3.12. The van der Waals surface area contributed by atoms with Gasteiger partial charge >= 0.3 is 0 Å². The highest BCUT2D eigenvalue weighted by molar-refractivity contribution is 5.69. The highest BCUT2D eigenvalue weighted by Crippen LogP contribution is 2.41. The lowest BCUT2D eigenvalue weighted by molar-refractivity contribution is 0.0271. The summed E-state index contributed by atoms with van der Waals surface area (Å²) in [7, 11) is 0. The zero-order chi connectivity index (χ0) is 17.3. The van der Waals surface area contributed by atoms with Gasteiger partial charge < -0.3 is 10.1 Å². The van der Waals surface area contributed by atoms with Gasteiger partial charge in [0.15, 0.2) is 0 Å². The molecule has 3 aromatic rings. The molecule has 0 saturated carbocycles. The largest absolute Gasteiger partial charge is 0.371 e. The van der Waals surface area contributed by atoms with Gasteiger partial charge in [-0.05, 0) is 34.2 Å². The molecule has 0 aliphatic carbocycles. The molecule has 2 heteroatoms. The van der Waals surface area contributed by atoms with Crippen molar-refractivity contribution < 1.29 is 4.74 Å². The summed E-state index contributed by atoms with van der Waals surface area (Å²) in [6.07, 6.45) is 1.32. The second-order valence-corrected chi connectivity index (χ2v) is 7.32. The molecule has 3 atom stereocenters. The molecule has 0 amide bonds. The molecule has 1 N–H and O–H groups in total. The minimum absolute atomic E-state index is 0.280. The molecule has 2 nitrogen and oxygen atoms in total. The van der Waals surface area contributed by atoms with Crippen LogP contribution in [0, 0.1) is 0 Å². The van der Waals surface area contributed by atoms with E-state index in [1.54, 1.807) is 0 Å². The van der Waals surface area contributed by atoms with E-state index in [2.05, 4.69) is 84.2 Å². The third-order valence-electron chi connectivity index (χ3n) is 5.81. The van der Waals surface area contributed by atoms with Crippen molar-refractivity contribution in [3.63, 3.8) is 0 Å². The van der Waals surface area contributed by atoms with Crippen LogP contribution in [0.15, 0.2) is 78.9 Å². The predicted octanol–water partition coefficient (Wildman–Crippen LogP) is 4.55. The fourth-order valence-corrected chi connectivity index (χ4v) is 4.58. The SMILES string of the molecule is c1ccc(CC2NCC3OCc4c(-c5ccccc5)cccc4C23)cc1. The molecule has 0 bridgehead atoms. The topological polar surface area (TPSA) is 21.3 Å². The predicted molar refractivity (Wildman–Crippen MR) is 105 cm³/mol. The van der Waals surface area contributed by atoms with Gasteiger partial charge in [0.2, 0.25) is 0 Å². The Morgan fingerprint density at radius 3 is 2.42 bits per heavy atom. The van der Waals surface area contributed by atoms with Crippen molar-refractivity contribution in [3.05, 3.63) is 95.6 Å². The summed E-state index contributed by atoms with van der Waals surface area (Å²) in [5.41, 5.74) is 6.80. The Morgan fingerprint density at radius 2 is 1.62 bits per heavy atom. The van der Waals surface area contributed by atoms with Gasteiger partial charge in [0.05, 0.1) is 12.7 Å². The zero-order valence-corrected chi connectivity index (χ0v) is 14.8. The van der Waals surface area contributed by atoms with Crippen LogP contribution >= 0.6 is 0 Å². The van der Waals surface area contributed by atoms with Crippen LogP contribution in [-0.2, 0) is 17.8 Å². The standard InChI is InChI=1S/C24H23NO/c1-3-8-17(9-4-1)14-22-24-20-13-7-12-19(18-10-5-2-6-11-18)21(20)16-26-23(24)15-25-22/h1-13,22-25H,14-16H2. The van der Waals surface area contributed by atoms with E-state index in [0.717, 1.165) is 13.0 Å². The number of benzene rings is 3. The van der Waals surface area contributed by atoms with Crippen LogP contribution in [0.25, 0.3) is 11.1 Å². The number of fused-ring (bicyclic) bond motifs is 3. The van der Waals surface area contributed by atoms with Crippen LogP contribution in [0.4, 0.5) is 0 Å². The summed E-state index contributed by atoms with van der Waals surface area (Å²) < 4.78 is 6.30. The van der Waals surface area contributed by atoms with Crippen LogP contribution in [0.2, 0.25) is 0 Å². The van der Waals surface area contributed by atoms with Crippen molar-refractivity contribution in [2.24, 2.45) is 0 Å². The number of ether oxygens (including phenoxy) is 1. The molecule has 0 aromatic heterocycles. The Bertz CT molecular complexity index is 891. The molecule has 3 unspecified atom stereocenters. The van der Waals surface area contributed by atoms with E-state index in [4.69, 9.17) is 4.74 Å². The Balaban J connectivity index is 1.52. The molecule has 3 aromatic carbocycles. The number of hydrogen-bond donors (Lipinski definition) is 1. The first kappa shape index (κ1) is 15.8. The Kier molecular flexibility index (Phi) is 4.08. The van der Waals surface area contributed by atoms with Gasteiger partial charge in [-0.3, -0.25) is 0 Å². The monoisotopic (exact) mass is 341 g/mol. The number of hydrogen-bond acceptors (Lipinski definition) is 2. The van der Waals surface area contributed by atoms with Crippen LogP contribution in [0.3, 0.4) is 0 Å². The second-order valence-electron chi connectivity index (χ2n) is 7.32. The molecular formula is C24H23NO. The quantitative estimate of drug-likeness (QED) is 0.754. The smallest absolute Gasteiger partial charge is 0.0787 e. The van der Waals surface area contributed by atoms with Crippen molar-refractivity contribution in [3.8, 4) is 11.1 Å². The third-order valence-corrected chi connectivity index (χ3v) is 5.81. The molecule has 26 heavy (non-hydrogen) atoms. The number of rotatable bonds is 3. The zero-order valence-electron chi connectivity index (χ0n) is 14.8. The molecule has 1 saturated heterocycles. The molecular weight excluding hydrogens is 318 g/mol. The highest BCUT2D eigenvalue weighted by atomic mass is 16.5. The maximum atomic E-state index is 6.30.